The predicted molar refractivity (Wildman–Crippen MR) is 84.5 cm³/mol. The van der Waals surface area contributed by atoms with E-state index in [2.05, 4.69) is 0 Å². The monoisotopic (exact) mass is 325 g/mol. The molecule has 0 fully saturated rings. The molecule has 0 aliphatic carbocycles. The van der Waals surface area contributed by atoms with E-state index >= 15 is 0 Å². The minimum atomic E-state index is -0.833. The number of carbonyl (C=O) groups is 3. The number of carboxylic acid groups (broad SMARTS) is 1. The third-order valence-electron chi connectivity index (χ3n) is 2.38. The van der Waals surface area contributed by atoms with Crippen LogP contribution in [0.1, 0.15) is 30.6 Å². The summed E-state index contributed by atoms with van der Waals surface area (Å²) in [5.41, 5.74) is 0.266. The maximum Gasteiger partial charge on any atom is 0.349 e. The van der Waals surface area contributed by atoms with Crippen molar-refractivity contribution in [2.24, 2.45) is 0 Å². The van der Waals surface area contributed by atoms with Gasteiger partial charge in [-0.2, -0.15) is 0 Å². The standard InChI is InChI=1S/C14H19NO4.C2H4O2/c1-4-18-12-8-6-5-7-11(12)14(17)19-13(16)9-10-15(2)3;1-2(3)4/h5-8H,4,9-10H2,1-3H3;1H3,(H,3,4). The predicted octanol–water partition coefficient (Wildman–Crippen LogP) is 1.81. The summed E-state index contributed by atoms with van der Waals surface area (Å²) in [6, 6.07) is 6.70. The van der Waals surface area contributed by atoms with Crippen molar-refractivity contribution >= 4 is 17.9 Å². The molecule has 0 aromatic heterocycles. The first-order valence-electron chi connectivity index (χ1n) is 7.09. The Morgan fingerprint density at radius 3 is 2.26 bits per heavy atom. The van der Waals surface area contributed by atoms with Crippen molar-refractivity contribution in [3.05, 3.63) is 29.8 Å². The quantitative estimate of drug-likeness (QED) is 0.629. The third-order valence-corrected chi connectivity index (χ3v) is 2.38. The van der Waals surface area contributed by atoms with Crippen molar-refractivity contribution in [2.75, 3.05) is 27.2 Å². The van der Waals surface area contributed by atoms with Crippen LogP contribution < -0.4 is 4.74 Å². The average Bonchev–Trinajstić information content (AvgIpc) is 2.45. The van der Waals surface area contributed by atoms with Gasteiger partial charge in [0, 0.05) is 13.5 Å². The molecule has 23 heavy (non-hydrogen) atoms. The van der Waals surface area contributed by atoms with E-state index in [9.17, 15) is 9.59 Å². The Balaban J connectivity index is 0.00000108. The fourth-order valence-electron chi connectivity index (χ4n) is 1.44. The van der Waals surface area contributed by atoms with Crippen LogP contribution in [0.2, 0.25) is 0 Å². The lowest BCUT2D eigenvalue weighted by atomic mass is 10.2. The van der Waals surface area contributed by atoms with E-state index in [-0.39, 0.29) is 12.0 Å². The van der Waals surface area contributed by atoms with Gasteiger partial charge in [-0.05, 0) is 33.2 Å². The summed E-state index contributed by atoms with van der Waals surface area (Å²) in [5.74, 6) is -1.62. The molecule has 0 amide bonds. The number of nitrogens with zero attached hydrogens (tertiary/aromatic N) is 1. The van der Waals surface area contributed by atoms with Gasteiger partial charge in [0.2, 0.25) is 0 Å². The first-order chi connectivity index (χ1) is 10.8. The van der Waals surface area contributed by atoms with Gasteiger partial charge in [-0.1, -0.05) is 12.1 Å². The minimum absolute atomic E-state index is 0.176. The molecule has 0 saturated heterocycles. The SMILES string of the molecule is CC(=O)O.CCOc1ccccc1C(=O)OC(=O)CCN(C)C. The normalized spacial score (nSPS) is 9.61. The highest BCUT2D eigenvalue weighted by atomic mass is 16.6. The molecule has 7 nitrogen and oxygen atoms in total. The number of hydrogen-bond acceptors (Lipinski definition) is 6. The van der Waals surface area contributed by atoms with Crippen LogP contribution in [-0.4, -0.2) is 55.2 Å². The highest BCUT2D eigenvalue weighted by Gasteiger charge is 2.17. The smallest absolute Gasteiger partial charge is 0.349 e. The summed E-state index contributed by atoms with van der Waals surface area (Å²) in [5, 5.41) is 7.42. The van der Waals surface area contributed by atoms with E-state index in [1.807, 2.05) is 25.9 Å². The molecule has 0 atom stereocenters. The Kier molecular flexibility index (Phi) is 10.0. The van der Waals surface area contributed by atoms with Gasteiger partial charge < -0.3 is 19.5 Å². The summed E-state index contributed by atoms with van der Waals surface area (Å²) in [4.78, 5) is 34.2. The Morgan fingerprint density at radius 1 is 1.17 bits per heavy atom. The van der Waals surface area contributed by atoms with Gasteiger partial charge in [0.05, 0.1) is 13.0 Å². The molecule has 1 rings (SSSR count). The molecule has 128 valence electrons. The number of carbonyl (C=O) groups excluding carboxylic acids is 2. The van der Waals surface area contributed by atoms with Gasteiger partial charge >= 0.3 is 11.9 Å². The Labute approximate surface area is 135 Å². The van der Waals surface area contributed by atoms with E-state index < -0.39 is 17.9 Å². The molecule has 0 saturated carbocycles. The molecule has 1 N–H and O–H groups in total. The third kappa shape index (κ3) is 10.0. The first-order valence-corrected chi connectivity index (χ1v) is 7.09. The number of esters is 2. The van der Waals surface area contributed by atoms with Crippen molar-refractivity contribution in [3.8, 4) is 5.75 Å². The average molecular weight is 325 g/mol. The van der Waals surface area contributed by atoms with E-state index in [0.717, 1.165) is 6.92 Å². The van der Waals surface area contributed by atoms with Crippen molar-refractivity contribution < 1.29 is 29.0 Å². The first kappa shape index (κ1) is 20.6. The fraction of sp³-hybridized carbons (Fsp3) is 0.438. The number of ether oxygens (including phenoxy) is 2. The largest absolute Gasteiger partial charge is 0.493 e. The van der Waals surface area contributed by atoms with Crippen LogP contribution in [0.25, 0.3) is 0 Å². The van der Waals surface area contributed by atoms with Crippen molar-refractivity contribution in [3.63, 3.8) is 0 Å². The van der Waals surface area contributed by atoms with Crippen LogP contribution in [0, 0.1) is 0 Å². The number of rotatable bonds is 6. The molecule has 0 aliphatic heterocycles. The Hall–Kier alpha value is -2.41. The summed E-state index contributed by atoms with van der Waals surface area (Å²) in [6.45, 7) is 3.89. The van der Waals surface area contributed by atoms with Crippen LogP contribution in [0.4, 0.5) is 0 Å². The second-order valence-corrected chi connectivity index (χ2v) is 4.76. The van der Waals surface area contributed by atoms with Crippen LogP contribution in [-0.2, 0) is 14.3 Å². The number of benzene rings is 1. The van der Waals surface area contributed by atoms with E-state index in [4.69, 9.17) is 19.4 Å². The van der Waals surface area contributed by atoms with Crippen LogP contribution in [0.5, 0.6) is 5.75 Å². The van der Waals surface area contributed by atoms with E-state index in [1.165, 1.54) is 0 Å². The molecule has 0 radical (unpaired) electrons. The second kappa shape index (κ2) is 11.2. The van der Waals surface area contributed by atoms with Crippen LogP contribution >= 0.6 is 0 Å². The number of hydrogen-bond donors (Lipinski definition) is 1. The number of aliphatic carboxylic acids is 1. The maximum absolute atomic E-state index is 11.9. The van der Waals surface area contributed by atoms with Gasteiger partial charge in [0.15, 0.2) is 0 Å². The highest BCUT2D eigenvalue weighted by molar-refractivity contribution is 5.98. The molecule has 0 bridgehead atoms. The van der Waals surface area contributed by atoms with Gasteiger partial charge in [0.1, 0.15) is 11.3 Å². The summed E-state index contributed by atoms with van der Waals surface area (Å²) >= 11 is 0. The zero-order valence-electron chi connectivity index (χ0n) is 13.9. The lowest BCUT2D eigenvalue weighted by molar-refractivity contribution is -0.138. The van der Waals surface area contributed by atoms with Gasteiger partial charge in [-0.25, -0.2) is 4.79 Å². The summed E-state index contributed by atoms with van der Waals surface area (Å²) in [6.07, 6.45) is 0.176. The molecular formula is C16H23NO6. The van der Waals surface area contributed by atoms with E-state index in [1.54, 1.807) is 24.3 Å². The van der Waals surface area contributed by atoms with Crippen molar-refractivity contribution in [1.82, 2.24) is 4.90 Å². The zero-order chi connectivity index (χ0) is 17.8. The number of para-hydroxylation sites is 1. The molecule has 0 spiro atoms. The van der Waals surface area contributed by atoms with Gasteiger partial charge in [-0.3, -0.25) is 9.59 Å². The molecule has 0 heterocycles. The van der Waals surface area contributed by atoms with Gasteiger partial charge in [-0.15, -0.1) is 0 Å². The highest BCUT2D eigenvalue weighted by Crippen LogP contribution is 2.19. The minimum Gasteiger partial charge on any atom is -0.493 e. The molecular weight excluding hydrogens is 302 g/mol. The lowest BCUT2D eigenvalue weighted by Crippen LogP contribution is -2.20. The maximum atomic E-state index is 11.9. The molecule has 0 unspecified atom stereocenters. The van der Waals surface area contributed by atoms with Crippen LogP contribution in [0.15, 0.2) is 24.3 Å². The summed E-state index contributed by atoms with van der Waals surface area (Å²) < 4.78 is 10.1. The Morgan fingerprint density at radius 2 is 1.74 bits per heavy atom. The summed E-state index contributed by atoms with van der Waals surface area (Å²) in [7, 11) is 3.69. The molecule has 1 aromatic carbocycles. The van der Waals surface area contributed by atoms with E-state index in [0.29, 0.717) is 18.9 Å². The Bertz CT molecular complexity index is 523. The van der Waals surface area contributed by atoms with Gasteiger partial charge in [0.25, 0.3) is 5.97 Å². The van der Waals surface area contributed by atoms with Crippen molar-refractivity contribution in [2.45, 2.75) is 20.3 Å². The van der Waals surface area contributed by atoms with Crippen molar-refractivity contribution in [1.29, 1.82) is 0 Å². The topological polar surface area (TPSA) is 93.1 Å². The second-order valence-electron chi connectivity index (χ2n) is 4.76. The fourth-order valence-corrected chi connectivity index (χ4v) is 1.44. The lowest BCUT2D eigenvalue weighted by Gasteiger charge is -2.10. The number of carboxylic acids is 1. The molecule has 1 aromatic rings. The zero-order valence-corrected chi connectivity index (χ0v) is 13.9. The molecule has 7 heteroatoms. The van der Waals surface area contributed by atoms with Crippen LogP contribution in [0.3, 0.4) is 0 Å². The molecule has 0 aliphatic rings.